The summed E-state index contributed by atoms with van der Waals surface area (Å²) in [5, 5.41) is 9.96. The fourth-order valence-corrected chi connectivity index (χ4v) is 2.28. The van der Waals surface area contributed by atoms with Crippen LogP contribution in [0.2, 0.25) is 5.02 Å². The summed E-state index contributed by atoms with van der Waals surface area (Å²) >= 11 is 5.87. The zero-order valence-electron chi connectivity index (χ0n) is 12.1. The van der Waals surface area contributed by atoms with Gasteiger partial charge in [0.2, 0.25) is 5.89 Å². The molecule has 0 radical (unpaired) electrons. The van der Waals surface area contributed by atoms with Crippen molar-refractivity contribution in [3.8, 4) is 11.5 Å². The average Bonchev–Trinajstić information content (AvgIpc) is 2.90. The maximum Gasteiger partial charge on any atom is 0.313 e. The summed E-state index contributed by atoms with van der Waals surface area (Å²) in [6.07, 6.45) is 0. The summed E-state index contributed by atoms with van der Waals surface area (Å²) in [5.41, 5.74) is 1.78. The van der Waals surface area contributed by atoms with Crippen molar-refractivity contribution in [1.29, 1.82) is 0 Å². The number of aliphatic carboxylic acids is 1. The van der Waals surface area contributed by atoms with Gasteiger partial charge in [-0.15, -0.1) is 0 Å². The molecular formula is C17H14ClNO3. The highest BCUT2D eigenvalue weighted by atomic mass is 35.5. The summed E-state index contributed by atoms with van der Waals surface area (Å²) in [7, 11) is 0. The van der Waals surface area contributed by atoms with E-state index in [2.05, 4.69) is 4.98 Å². The van der Waals surface area contributed by atoms with E-state index in [4.69, 9.17) is 16.0 Å². The minimum absolute atomic E-state index is 0.483. The molecule has 0 unspecified atom stereocenters. The van der Waals surface area contributed by atoms with Gasteiger partial charge in [-0.25, -0.2) is 4.98 Å². The largest absolute Gasteiger partial charge is 0.481 e. The van der Waals surface area contributed by atoms with Gasteiger partial charge in [0.25, 0.3) is 0 Å². The van der Waals surface area contributed by atoms with E-state index < -0.39 is 11.4 Å². The molecule has 0 aliphatic heterocycles. The van der Waals surface area contributed by atoms with Crippen LogP contribution < -0.4 is 0 Å². The van der Waals surface area contributed by atoms with Gasteiger partial charge >= 0.3 is 5.97 Å². The lowest BCUT2D eigenvalue weighted by Crippen LogP contribution is -2.28. The van der Waals surface area contributed by atoms with Crippen LogP contribution in [0.1, 0.15) is 19.4 Å². The molecule has 0 saturated carbocycles. The minimum Gasteiger partial charge on any atom is -0.481 e. The Morgan fingerprint density at radius 2 is 1.86 bits per heavy atom. The SMILES string of the molecule is CC(C)(C(=O)O)c1ccc2oc(-c3ccc(Cl)cc3)nc2c1. The van der Waals surface area contributed by atoms with Crippen molar-refractivity contribution in [3.63, 3.8) is 0 Å². The van der Waals surface area contributed by atoms with E-state index in [0.29, 0.717) is 27.6 Å². The van der Waals surface area contributed by atoms with Crippen LogP contribution >= 0.6 is 11.6 Å². The van der Waals surface area contributed by atoms with Crippen molar-refractivity contribution in [2.45, 2.75) is 19.3 Å². The number of fused-ring (bicyclic) bond motifs is 1. The van der Waals surface area contributed by atoms with E-state index in [0.717, 1.165) is 5.56 Å². The van der Waals surface area contributed by atoms with Crippen molar-refractivity contribution in [3.05, 3.63) is 53.1 Å². The Morgan fingerprint density at radius 1 is 1.18 bits per heavy atom. The number of aromatic nitrogens is 1. The fraction of sp³-hybridized carbons (Fsp3) is 0.176. The van der Waals surface area contributed by atoms with Gasteiger partial charge in [-0.3, -0.25) is 4.79 Å². The molecule has 2 aromatic carbocycles. The van der Waals surface area contributed by atoms with Crippen LogP contribution in [-0.4, -0.2) is 16.1 Å². The third-order valence-corrected chi connectivity index (χ3v) is 3.99. The van der Waals surface area contributed by atoms with Gasteiger partial charge in [-0.05, 0) is 55.8 Å². The second kappa shape index (κ2) is 5.14. The lowest BCUT2D eigenvalue weighted by molar-refractivity contribution is -0.142. The molecule has 0 saturated heterocycles. The molecule has 112 valence electrons. The summed E-state index contributed by atoms with van der Waals surface area (Å²) in [6.45, 7) is 3.33. The third kappa shape index (κ3) is 2.46. The maximum atomic E-state index is 11.4. The van der Waals surface area contributed by atoms with Crippen molar-refractivity contribution < 1.29 is 14.3 Å². The smallest absolute Gasteiger partial charge is 0.313 e. The highest BCUT2D eigenvalue weighted by Gasteiger charge is 2.30. The first-order valence-electron chi connectivity index (χ1n) is 6.78. The second-order valence-corrected chi connectivity index (χ2v) is 6.08. The molecule has 0 aliphatic rings. The van der Waals surface area contributed by atoms with Gasteiger partial charge in [0.05, 0.1) is 5.41 Å². The predicted octanol–water partition coefficient (Wildman–Crippen LogP) is 4.51. The normalized spacial score (nSPS) is 11.8. The van der Waals surface area contributed by atoms with Gasteiger partial charge in [0.15, 0.2) is 5.58 Å². The maximum absolute atomic E-state index is 11.4. The number of nitrogens with zero attached hydrogens (tertiary/aromatic N) is 1. The number of carboxylic acid groups (broad SMARTS) is 1. The number of benzene rings is 2. The molecule has 1 aromatic heterocycles. The van der Waals surface area contributed by atoms with Gasteiger partial charge < -0.3 is 9.52 Å². The number of hydrogen-bond acceptors (Lipinski definition) is 3. The van der Waals surface area contributed by atoms with Crippen LogP contribution in [0.25, 0.3) is 22.6 Å². The Morgan fingerprint density at radius 3 is 2.50 bits per heavy atom. The molecule has 3 rings (SSSR count). The quantitative estimate of drug-likeness (QED) is 0.772. The standard InChI is InChI=1S/C17H14ClNO3/c1-17(2,16(20)21)11-5-8-14-13(9-11)19-15(22-14)10-3-6-12(18)7-4-10/h3-9H,1-2H3,(H,20,21). The molecular weight excluding hydrogens is 302 g/mol. The van der Waals surface area contributed by atoms with Crippen molar-refractivity contribution in [2.24, 2.45) is 0 Å². The van der Waals surface area contributed by atoms with E-state index in [-0.39, 0.29) is 0 Å². The number of hydrogen-bond donors (Lipinski definition) is 1. The molecule has 3 aromatic rings. The van der Waals surface area contributed by atoms with Gasteiger partial charge in [-0.1, -0.05) is 17.7 Å². The van der Waals surface area contributed by atoms with E-state index >= 15 is 0 Å². The molecule has 5 heteroatoms. The first-order valence-corrected chi connectivity index (χ1v) is 7.16. The first-order chi connectivity index (χ1) is 10.4. The van der Waals surface area contributed by atoms with Crippen molar-refractivity contribution >= 4 is 28.7 Å². The molecule has 1 heterocycles. The molecule has 0 bridgehead atoms. The van der Waals surface area contributed by atoms with Crippen molar-refractivity contribution in [1.82, 2.24) is 4.98 Å². The molecule has 0 spiro atoms. The minimum atomic E-state index is -0.979. The van der Waals surface area contributed by atoms with E-state index in [1.165, 1.54) is 0 Å². The van der Waals surface area contributed by atoms with Gasteiger partial charge in [0.1, 0.15) is 5.52 Å². The number of carboxylic acids is 1. The van der Waals surface area contributed by atoms with Crippen LogP contribution in [0.5, 0.6) is 0 Å². The lowest BCUT2D eigenvalue weighted by atomic mass is 9.85. The highest BCUT2D eigenvalue weighted by molar-refractivity contribution is 6.30. The predicted molar refractivity (Wildman–Crippen MR) is 85.1 cm³/mol. The van der Waals surface area contributed by atoms with Crippen LogP contribution in [0, 0.1) is 0 Å². The first kappa shape index (κ1) is 14.6. The number of rotatable bonds is 3. The molecule has 0 atom stereocenters. The molecule has 0 fully saturated rings. The average molecular weight is 316 g/mol. The molecule has 0 aliphatic carbocycles. The lowest BCUT2D eigenvalue weighted by Gasteiger charge is -2.19. The van der Waals surface area contributed by atoms with Crippen LogP contribution in [-0.2, 0) is 10.2 Å². The summed E-state index contributed by atoms with van der Waals surface area (Å²) in [5.74, 6) is -0.398. The van der Waals surface area contributed by atoms with Gasteiger partial charge in [-0.2, -0.15) is 0 Å². The highest BCUT2D eigenvalue weighted by Crippen LogP contribution is 2.30. The topological polar surface area (TPSA) is 63.3 Å². The van der Waals surface area contributed by atoms with Crippen molar-refractivity contribution in [2.75, 3.05) is 0 Å². The fourth-order valence-electron chi connectivity index (χ4n) is 2.16. The summed E-state index contributed by atoms with van der Waals surface area (Å²) in [4.78, 5) is 15.8. The monoisotopic (exact) mass is 315 g/mol. The molecule has 1 N–H and O–H groups in total. The van der Waals surface area contributed by atoms with Gasteiger partial charge in [0, 0.05) is 10.6 Å². The number of halogens is 1. The molecule has 22 heavy (non-hydrogen) atoms. The Labute approximate surface area is 132 Å². The van der Waals surface area contributed by atoms with Crippen LogP contribution in [0.3, 0.4) is 0 Å². The van der Waals surface area contributed by atoms with E-state index in [1.54, 1.807) is 44.2 Å². The third-order valence-electron chi connectivity index (χ3n) is 3.74. The molecule has 0 amide bonds. The molecule has 4 nitrogen and oxygen atoms in total. The second-order valence-electron chi connectivity index (χ2n) is 5.64. The Hall–Kier alpha value is -2.33. The number of oxazole rings is 1. The zero-order chi connectivity index (χ0) is 15.9. The Balaban J connectivity index is 2.07. The van der Waals surface area contributed by atoms with E-state index in [1.807, 2.05) is 12.1 Å². The summed E-state index contributed by atoms with van der Waals surface area (Å²) in [6, 6.07) is 12.5. The Kier molecular flexibility index (Phi) is 3.41. The summed E-state index contributed by atoms with van der Waals surface area (Å²) < 4.78 is 5.72. The van der Waals surface area contributed by atoms with E-state index in [9.17, 15) is 9.90 Å². The number of carbonyl (C=O) groups is 1. The van der Waals surface area contributed by atoms with Crippen LogP contribution in [0.15, 0.2) is 46.9 Å². The van der Waals surface area contributed by atoms with Crippen LogP contribution in [0.4, 0.5) is 0 Å². The Bertz CT molecular complexity index is 850. The zero-order valence-corrected chi connectivity index (χ0v) is 12.9.